The molecule has 0 saturated carbocycles. The van der Waals surface area contributed by atoms with Crippen LogP contribution < -0.4 is 5.32 Å². The second-order valence-corrected chi connectivity index (χ2v) is 6.81. The quantitative estimate of drug-likeness (QED) is 0.382. The van der Waals surface area contributed by atoms with Gasteiger partial charge >= 0.3 is 0 Å². The van der Waals surface area contributed by atoms with Gasteiger partial charge in [-0.25, -0.2) is 4.68 Å². The summed E-state index contributed by atoms with van der Waals surface area (Å²) in [6.07, 6.45) is 3.34. The number of nitro groups is 1. The molecule has 2 aromatic carbocycles. The lowest BCUT2D eigenvalue weighted by Gasteiger charge is -2.19. The molecule has 0 spiro atoms. The number of hydrogen-bond donors (Lipinski definition) is 1. The van der Waals surface area contributed by atoms with Crippen molar-refractivity contribution in [2.45, 2.75) is 13.0 Å². The second kappa shape index (κ2) is 8.54. The number of non-ortho nitro benzene ring substituents is 1. The summed E-state index contributed by atoms with van der Waals surface area (Å²) in [4.78, 5) is 27.7. The molecule has 0 aliphatic heterocycles. The minimum atomic E-state index is -0.484. The van der Waals surface area contributed by atoms with Crippen LogP contribution in [0.25, 0.3) is 5.69 Å². The highest BCUT2D eigenvalue weighted by Crippen LogP contribution is 2.23. The maximum absolute atomic E-state index is 13.1. The van der Waals surface area contributed by atoms with Gasteiger partial charge in [0.05, 0.1) is 22.3 Å². The highest BCUT2D eigenvalue weighted by molar-refractivity contribution is 5.93. The van der Waals surface area contributed by atoms with E-state index in [4.69, 9.17) is 0 Å². The van der Waals surface area contributed by atoms with Crippen LogP contribution in [0.4, 0.5) is 5.69 Å². The summed E-state index contributed by atoms with van der Waals surface area (Å²) in [7, 11) is 0. The van der Waals surface area contributed by atoms with Crippen LogP contribution in [0.2, 0.25) is 0 Å². The van der Waals surface area contributed by atoms with Crippen LogP contribution in [0, 0.1) is 17.0 Å². The zero-order valence-corrected chi connectivity index (χ0v) is 16.5. The molecule has 0 aliphatic rings. The summed E-state index contributed by atoms with van der Waals surface area (Å²) in [6, 6.07) is 18.8. The first kappa shape index (κ1) is 19.9. The molecule has 2 heterocycles. The molecular formula is C22H18N6O3. The maximum atomic E-state index is 13.1. The molecule has 9 nitrogen and oxygen atoms in total. The summed E-state index contributed by atoms with van der Waals surface area (Å²) in [5, 5.41) is 22.1. The van der Waals surface area contributed by atoms with Crippen LogP contribution in [0.5, 0.6) is 0 Å². The van der Waals surface area contributed by atoms with Crippen molar-refractivity contribution in [1.82, 2.24) is 25.3 Å². The van der Waals surface area contributed by atoms with E-state index in [0.29, 0.717) is 11.4 Å². The summed E-state index contributed by atoms with van der Waals surface area (Å²) >= 11 is 0. The van der Waals surface area contributed by atoms with Crippen molar-refractivity contribution < 1.29 is 9.72 Å². The molecule has 31 heavy (non-hydrogen) atoms. The standard InChI is InChI=1S/C22H18N6O3/c1-15-20(25-26-27(15)18-8-5-9-19(14-18)28(30)31)22(29)24-21(16-6-3-2-4-7-16)17-10-12-23-13-11-17/h2-14,21H,1H3,(H,24,29). The van der Waals surface area contributed by atoms with Gasteiger partial charge in [0.1, 0.15) is 0 Å². The summed E-state index contributed by atoms with van der Waals surface area (Å²) < 4.78 is 1.41. The average Bonchev–Trinajstić information content (AvgIpc) is 3.20. The lowest BCUT2D eigenvalue weighted by Crippen LogP contribution is -2.30. The van der Waals surface area contributed by atoms with Gasteiger partial charge in [-0.15, -0.1) is 5.10 Å². The lowest BCUT2D eigenvalue weighted by molar-refractivity contribution is -0.384. The highest BCUT2D eigenvalue weighted by Gasteiger charge is 2.23. The zero-order valence-electron chi connectivity index (χ0n) is 16.5. The van der Waals surface area contributed by atoms with Crippen LogP contribution in [-0.4, -0.2) is 30.8 Å². The van der Waals surface area contributed by atoms with Gasteiger partial charge in [0.15, 0.2) is 5.69 Å². The normalized spacial score (nSPS) is 11.6. The van der Waals surface area contributed by atoms with E-state index in [9.17, 15) is 14.9 Å². The van der Waals surface area contributed by atoms with Gasteiger partial charge < -0.3 is 5.32 Å². The fourth-order valence-electron chi connectivity index (χ4n) is 3.28. The third kappa shape index (κ3) is 4.15. The number of nitrogens with zero attached hydrogens (tertiary/aromatic N) is 5. The second-order valence-electron chi connectivity index (χ2n) is 6.81. The van der Waals surface area contributed by atoms with E-state index in [1.165, 1.54) is 16.8 Å². The summed E-state index contributed by atoms with van der Waals surface area (Å²) in [5.41, 5.74) is 2.78. The van der Waals surface area contributed by atoms with E-state index in [0.717, 1.165) is 11.1 Å². The molecule has 0 bridgehead atoms. The summed E-state index contributed by atoms with van der Waals surface area (Å²) in [6.45, 7) is 1.69. The maximum Gasteiger partial charge on any atom is 0.274 e. The van der Waals surface area contributed by atoms with E-state index < -0.39 is 16.9 Å². The van der Waals surface area contributed by atoms with Crippen molar-refractivity contribution in [3.05, 3.63) is 112 Å². The Balaban J connectivity index is 1.65. The number of rotatable bonds is 6. The number of benzene rings is 2. The molecule has 4 aromatic rings. The van der Waals surface area contributed by atoms with Crippen molar-refractivity contribution in [2.24, 2.45) is 0 Å². The van der Waals surface area contributed by atoms with Crippen molar-refractivity contribution >= 4 is 11.6 Å². The Labute approximate surface area is 177 Å². The first-order chi connectivity index (χ1) is 15.0. The molecule has 0 aliphatic carbocycles. The van der Waals surface area contributed by atoms with Gasteiger partial charge in [-0.1, -0.05) is 41.6 Å². The lowest BCUT2D eigenvalue weighted by atomic mass is 9.99. The van der Waals surface area contributed by atoms with E-state index >= 15 is 0 Å². The third-order valence-corrected chi connectivity index (χ3v) is 4.84. The van der Waals surface area contributed by atoms with Crippen molar-refractivity contribution in [2.75, 3.05) is 0 Å². The van der Waals surface area contributed by atoms with Gasteiger partial charge in [-0.3, -0.25) is 19.9 Å². The van der Waals surface area contributed by atoms with Gasteiger partial charge in [-0.05, 0) is 36.2 Å². The summed E-state index contributed by atoms with van der Waals surface area (Å²) in [5.74, 6) is -0.403. The molecule has 2 aromatic heterocycles. The van der Waals surface area contributed by atoms with Gasteiger partial charge in [0.2, 0.25) is 0 Å². The fourth-order valence-corrected chi connectivity index (χ4v) is 3.28. The molecule has 1 unspecified atom stereocenters. The number of pyridine rings is 1. The average molecular weight is 414 g/mol. The first-order valence-electron chi connectivity index (χ1n) is 9.47. The fraction of sp³-hybridized carbons (Fsp3) is 0.0909. The topological polar surface area (TPSA) is 116 Å². The Bertz CT molecular complexity index is 1190. The number of aromatic nitrogens is 4. The first-order valence-corrected chi connectivity index (χ1v) is 9.47. The number of nitro benzene ring substituents is 1. The molecule has 9 heteroatoms. The molecule has 0 radical (unpaired) electrons. The smallest absolute Gasteiger partial charge is 0.274 e. The number of hydrogen-bond acceptors (Lipinski definition) is 6. The van der Waals surface area contributed by atoms with Crippen molar-refractivity contribution in [1.29, 1.82) is 0 Å². The SMILES string of the molecule is Cc1c(C(=O)NC(c2ccccc2)c2ccncc2)nnn1-c1cccc([N+](=O)[O-])c1. The molecule has 0 saturated heterocycles. The van der Waals surface area contributed by atoms with E-state index in [1.807, 2.05) is 42.5 Å². The Morgan fingerprint density at radius 2 is 1.74 bits per heavy atom. The van der Waals surface area contributed by atoms with E-state index in [-0.39, 0.29) is 11.4 Å². The predicted octanol–water partition coefficient (Wildman–Crippen LogP) is 3.40. The molecule has 154 valence electrons. The molecule has 1 atom stereocenters. The minimum Gasteiger partial charge on any atom is -0.340 e. The van der Waals surface area contributed by atoms with Crippen LogP contribution in [0.1, 0.15) is 33.4 Å². The van der Waals surface area contributed by atoms with Crippen LogP contribution in [-0.2, 0) is 0 Å². The molecule has 1 N–H and O–H groups in total. The van der Waals surface area contributed by atoms with Crippen molar-refractivity contribution in [3.63, 3.8) is 0 Å². The van der Waals surface area contributed by atoms with E-state index in [1.54, 1.807) is 31.5 Å². The number of amides is 1. The number of nitrogens with one attached hydrogen (secondary N) is 1. The molecule has 0 fully saturated rings. The Kier molecular flexibility index (Phi) is 5.48. The van der Waals surface area contributed by atoms with Gasteiger partial charge in [0.25, 0.3) is 11.6 Å². The Morgan fingerprint density at radius 3 is 2.45 bits per heavy atom. The number of carbonyl (C=O) groups excluding carboxylic acids is 1. The Morgan fingerprint density at radius 1 is 1.03 bits per heavy atom. The molecular weight excluding hydrogens is 396 g/mol. The minimum absolute atomic E-state index is 0.0692. The van der Waals surface area contributed by atoms with Crippen LogP contribution in [0.15, 0.2) is 79.1 Å². The predicted molar refractivity (Wildman–Crippen MR) is 113 cm³/mol. The molecule has 1 amide bonds. The van der Waals surface area contributed by atoms with Crippen molar-refractivity contribution in [3.8, 4) is 5.69 Å². The molecule has 4 rings (SSSR count). The largest absolute Gasteiger partial charge is 0.340 e. The van der Waals surface area contributed by atoms with Gasteiger partial charge in [-0.2, -0.15) is 0 Å². The Hall–Kier alpha value is -4.40. The highest BCUT2D eigenvalue weighted by atomic mass is 16.6. The number of carbonyl (C=O) groups is 1. The van der Waals surface area contributed by atoms with E-state index in [2.05, 4.69) is 20.6 Å². The monoisotopic (exact) mass is 414 g/mol. The van der Waals surface area contributed by atoms with Crippen LogP contribution >= 0.6 is 0 Å². The third-order valence-electron chi connectivity index (χ3n) is 4.84. The van der Waals surface area contributed by atoms with Crippen LogP contribution in [0.3, 0.4) is 0 Å². The van der Waals surface area contributed by atoms with Gasteiger partial charge in [0, 0.05) is 24.5 Å². The zero-order chi connectivity index (χ0) is 21.8.